The van der Waals surface area contributed by atoms with Crippen LogP contribution in [0.25, 0.3) is 0 Å². The summed E-state index contributed by atoms with van der Waals surface area (Å²) >= 11 is 0. The monoisotopic (exact) mass is 234 g/mol. The lowest BCUT2D eigenvalue weighted by Crippen LogP contribution is -2.38. The first-order chi connectivity index (χ1) is 8.33. The van der Waals surface area contributed by atoms with Crippen molar-refractivity contribution in [3.63, 3.8) is 0 Å². The number of benzene rings is 1. The topological polar surface area (TPSA) is 15.3 Å². The maximum Gasteiger partial charge on any atom is 0.114 e. The van der Waals surface area contributed by atoms with E-state index in [2.05, 4.69) is 34.5 Å². The zero-order valence-corrected chi connectivity index (χ0v) is 10.0. The summed E-state index contributed by atoms with van der Waals surface area (Å²) in [5.41, 5.74) is 2.85. The van der Waals surface area contributed by atoms with Crippen LogP contribution in [0.2, 0.25) is 0 Å². The number of fused-ring (bicyclic) bond motifs is 1. The molecule has 0 radical (unpaired) electrons. The molecule has 0 unspecified atom stereocenters. The van der Waals surface area contributed by atoms with E-state index < -0.39 is 6.17 Å². The average molecular weight is 234 g/mol. The summed E-state index contributed by atoms with van der Waals surface area (Å²) < 4.78 is 13.2. The van der Waals surface area contributed by atoms with Crippen molar-refractivity contribution in [1.29, 1.82) is 0 Å². The molecule has 1 saturated heterocycles. The van der Waals surface area contributed by atoms with Crippen LogP contribution in [0, 0.1) is 0 Å². The first-order valence-corrected chi connectivity index (χ1v) is 6.50. The van der Waals surface area contributed by atoms with Gasteiger partial charge < -0.3 is 5.32 Å². The van der Waals surface area contributed by atoms with Gasteiger partial charge in [-0.1, -0.05) is 24.3 Å². The van der Waals surface area contributed by atoms with Gasteiger partial charge in [-0.15, -0.1) is 0 Å². The van der Waals surface area contributed by atoms with Crippen molar-refractivity contribution in [2.45, 2.75) is 25.1 Å². The van der Waals surface area contributed by atoms with E-state index >= 15 is 0 Å². The van der Waals surface area contributed by atoms with Crippen LogP contribution in [0.1, 0.15) is 23.6 Å². The van der Waals surface area contributed by atoms with Crippen LogP contribution in [0.15, 0.2) is 24.3 Å². The molecule has 0 saturated carbocycles. The fourth-order valence-corrected chi connectivity index (χ4v) is 2.97. The Labute approximate surface area is 102 Å². The second-order valence-electron chi connectivity index (χ2n) is 5.10. The Balaban J connectivity index is 1.72. The fraction of sp³-hybridized carbons (Fsp3) is 0.571. The SMILES string of the molecule is F[C@H]1CCN(C[C@H]2NCCc3ccccc32)C1. The van der Waals surface area contributed by atoms with E-state index in [0.717, 1.165) is 26.1 Å². The Morgan fingerprint density at radius 1 is 1.35 bits per heavy atom. The molecule has 0 bridgehead atoms. The number of nitrogens with zero attached hydrogens (tertiary/aromatic N) is 1. The van der Waals surface area contributed by atoms with E-state index in [0.29, 0.717) is 19.0 Å². The van der Waals surface area contributed by atoms with Crippen molar-refractivity contribution in [1.82, 2.24) is 10.2 Å². The second kappa shape index (κ2) is 4.75. The zero-order chi connectivity index (χ0) is 11.7. The summed E-state index contributed by atoms with van der Waals surface area (Å²) in [6, 6.07) is 9.00. The highest BCUT2D eigenvalue weighted by Crippen LogP contribution is 2.25. The lowest BCUT2D eigenvalue weighted by molar-refractivity contribution is 0.258. The predicted molar refractivity (Wildman–Crippen MR) is 66.8 cm³/mol. The molecule has 2 heterocycles. The van der Waals surface area contributed by atoms with Crippen LogP contribution in [0.5, 0.6) is 0 Å². The third-order valence-electron chi connectivity index (χ3n) is 3.87. The summed E-state index contributed by atoms with van der Waals surface area (Å²) in [5.74, 6) is 0. The normalized spacial score (nSPS) is 29.2. The Morgan fingerprint density at radius 2 is 2.24 bits per heavy atom. The number of alkyl halides is 1. The Bertz CT molecular complexity index is 394. The molecule has 1 fully saturated rings. The van der Waals surface area contributed by atoms with E-state index in [-0.39, 0.29) is 0 Å². The van der Waals surface area contributed by atoms with Gasteiger partial charge in [-0.3, -0.25) is 4.90 Å². The molecule has 17 heavy (non-hydrogen) atoms. The molecule has 2 nitrogen and oxygen atoms in total. The summed E-state index contributed by atoms with van der Waals surface area (Å²) in [7, 11) is 0. The average Bonchev–Trinajstić information content (AvgIpc) is 2.75. The van der Waals surface area contributed by atoms with Gasteiger partial charge in [0.2, 0.25) is 0 Å². The molecule has 2 atom stereocenters. The van der Waals surface area contributed by atoms with E-state index in [1.54, 1.807) is 0 Å². The van der Waals surface area contributed by atoms with Gasteiger partial charge in [0, 0.05) is 25.7 Å². The third kappa shape index (κ3) is 2.35. The lowest BCUT2D eigenvalue weighted by Gasteiger charge is -2.30. The molecule has 0 amide bonds. The molecular weight excluding hydrogens is 215 g/mol. The van der Waals surface area contributed by atoms with Crippen molar-refractivity contribution in [3.05, 3.63) is 35.4 Å². The molecule has 0 aliphatic carbocycles. The Morgan fingerprint density at radius 3 is 3.06 bits per heavy atom. The molecule has 1 N–H and O–H groups in total. The molecule has 1 aromatic carbocycles. The van der Waals surface area contributed by atoms with Gasteiger partial charge >= 0.3 is 0 Å². The van der Waals surface area contributed by atoms with Gasteiger partial charge in [0.25, 0.3) is 0 Å². The quantitative estimate of drug-likeness (QED) is 0.841. The zero-order valence-electron chi connectivity index (χ0n) is 10.0. The molecule has 1 aromatic rings. The highest BCUT2D eigenvalue weighted by Gasteiger charge is 2.26. The maximum atomic E-state index is 13.2. The summed E-state index contributed by atoms with van der Waals surface area (Å²) in [6.45, 7) is 3.49. The van der Waals surface area contributed by atoms with Crippen LogP contribution < -0.4 is 5.32 Å². The summed E-state index contributed by atoms with van der Waals surface area (Å²) in [6.07, 6.45) is 1.20. The van der Waals surface area contributed by atoms with E-state index in [1.807, 2.05) is 0 Å². The predicted octanol–water partition coefficient (Wildman–Crippen LogP) is 1.92. The van der Waals surface area contributed by atoms with Crippen molar-refractivity contribution in [2.75, 3.05) is 26.2 Å². The number of rotatable bonds is 2. The summed E-state index contributed by atoms with van der Waals surface area (Å²) in [4.78, 5) is 2.24. The van der Waals surface area contributed by atoms with Crippen molar-refractivity contribution < 1.29 is 4.39 Å². The van der Waals surface area contributed by atoms with Crippen LogP contribution in [-0.2, 0) is 6.42 Å². The van der Waals surface area contributed by atoms with Gasteiger partial charge in [0.1, 0.15) is 6.17 Å². The molecule has 3 heteroatoms. The molecule has 0 spiro atoms. The van der Waals surface area contributed by atoms with Crippen LogP contribution in [0.4, 0.5) is 4.39 Å². The van der Waals surface area contributed by atoms with Gasteiger partial charge in [-0.05, 0) is 30.5 Å². The maximum absolute atomic E-state index is 13.2. The van der Waals surface area contributed by atoms with Crippen LogP contribution >= 0.6 is 0 Å². The molecule has 2 aliphatic heterocycles. The van der Waals surface area contributed by atoms with E-state index in [9.17, 15) is 4.39 Å². The molecule has 3 rings (SSSR count). The second-order valence-corrected chi connectivity index (χ2v) is 5.10. The van der Waals surface area contributed by atoms with Crippen molar-refractivity contribution >= 4 is 0 Å². The van der Waals surface area contributed by atoms with Gasteiger partial charge in [0.15, 0.2) is 0 Å². The molecular formula is C14H19FN2. The standard InChI is InChI=1S/C14H19FN2/c15-12-6-8-17(9-12)10-14-13-4-2-1-3-11(13)5-7-16-14/h1-4,12,14,16H,5-10H2/t12-,14+/m0/s1. The lowest BCUT2D eigenvalue weighted by atomic mass is 9.94. The number of halogens is 1. The minimum absolute atomic E-state index is 0.380. The smallest absolute Gasteiger partial charge is 0.114 e. The van der Waals surface area contributed by atoms with Gasteiger partial charge in [0.05, 0.1) is 0 Å². The van der Waals surface area contributed by atoms with Gasteiger partial charge in [-0.2, -0.15) is 0 Å². The summed E-state index contributed by atoms with van der Waals surface area (Å²) in [5, 5.41) is 3.55. The van der Waals surface area contributed by atoms with E-state index in [4.69, 9.17) is 0 Å². The first kappa shape index (κ1) is 11.2. The van der Waals surface area contributed by atoms with E-state index in [1.165, 1.54) is 11.1 Å². The van der Waals surface area contributed by atoms with Crippen LogP contribution in [-0.4, -0.2) is 37.3 Å². The minimum Gasteiger partial charge on any atom is -0.309 e. The molecule has 2 aliphatic rings. The highest BCUT2D eigenvalue weighted by molar-refractivity contribution is 5.32. The molecule has 92 valence electrons. The number of nitrogens with one attached hydrogen (secondary N) is 1. The Kier molecular flexibility index (Phi) is 3.12. The third-order valence-corrected chi connectivity index (χ3v) is 3.87. The number of likely N-dealkylation sites (tertiary alicyclic amines) is 1. The number of hydrogen-bond acceptors (Lipinski definition) is 2. The molecule has 0 aromatic heterocycles. The largest absolute Gasteiger partial charge is 0.309 e. The Hall–Kier alpha value is -0.930. The minimum atomic E-state index is -0.617. The van der Waals surface area contributed by atoms with Crippen molar-refractivity contribution in [3.8, 4) is 0 Å². The first-order valence-electron chi connectivity index (χ1n) is 6.50. The van der Waals surface area contributed by atoms with Gasteiger partial charge in [-0.25, -0.2) is 4.39 Å². The fourth-order valence-electron chi connectivity index (χ4n) is 2.97. The van der Waals surface area contributed by atoms with Crippen molar-refractivity contribution in [2.24, 2.45) is 0 Å². The van der Waals surface area contributed by atoms with Crippen LogP contribution in [0.3, 0.4) is 0 Å². The highest BCUT2D eigenvalue weighted by atomic mass is 19.1. The number of hydrogen-bond donors (Lipinski definition) is 1.